The fourth-order valence-electron chi connectivity index (χ4n) is 10.5. The Bertz CT molecular complexity index is 1380. The summed E-state index contributed by atoms with van der Waals surface area (Å²) in [5.74, 6) is -6.38. The van der Waals surface area contributed by atoms with E-state index in [4.69, 9.17) is 33.2 Å². The summed E-state index contributed by atoms with van der Waals surface area (Å²) in [6, 6.07) is 0. The number of carboxylic acid groups (broad SMARTS) is 1. The number of hydrogen-bond acceptors (Lipinski definition) is 12. The first-order chi connectivity index (χ1) is 26.2. The number of unbranched alkanes of at least 4 members (excludes halogenated alkanes) is 2. The molecule has 5 rings (SSSR count). The van der Waals surface area contributed by atoms with Crippen LogP contribution in [0.1, 0.15) is 146 Å². The summed E-state index contributed by atoms with van der Waals surface area (Å²) in [5, 5.41) is 31.0. The van der Waals surface area contributed by atoms with Crippen LogP contribution < -0.4 is 0 Å². The monoisotopic (exact) mass is 796 g/mol. The highest BCUT2D eigenvalue weighted by Crippen LogP contribution is 2.54. The molecule has 5 aliphatic heterocycles. The Hall–Kier alpha value is -1.87. The van der Waals surface area contributed by atoms with Crippen molar-refractivity contribution in [1.82, 2.24) is 0 Å². The molecule has 0 aromatic heterocycles. The average Bonchev–Trinajstić information content (AvgIpc) is 3.85. The van der Waals surface area contributed by atoms with Crippen LogP contribution in [0.15, 0.2) is 0 Å². The molecule has 5 fully saturated rings. The zero-order valence-corrected chi connectivity index (χ0v) is 35.6. The van der Waals surface area contributed by atoms with Crippen LogP contribution in [0, 0.1) is 35.5 Å². The minimum atomic E-state index is -1.59. The van der Waals surface area contributed by atoms with Crippen molar-refractivity contribution >= 4 is 17.9 Å². The molecule has 56 heavy (non-hydrogen) atoms. The van der Waals surface area contributed by atoms with Crippen LogP contribution in [-0.4, -0.2) is 105 Å². The van der Waals surface area contributed by atoms with E-state index in [1.54, 1.807) is 6.92 Å². The highest BCUT2D eigenvalue weighted by molar-refractivity contribution is 5.73. The van der Waals surface area contributed by atoms with Gasteiger partial charge in [0.15, 0.2) is 11.6 Å². The van der Waals surface area contributed by atoms with Gasteiger partial charge in [0.1, 0.15) is 12.2 Å². The second-order valence-corrected chi connectivity index (χ2v) is 18.7. The first-order valence-electron chi connectivity index (χ1n) is 21.6. The number of aliphatic hydroxyl groups is 2. The third-order valence-electron chi connectivity index (χ3n) is 14.2. The molecule has 5 aliphatic rings. The van der Waals surface area contributed by atoms with Crippen molar-refractivity contribution in [3.05, 3.63) is 0 Å². The van der Waals surface area contributed by atoms with E-state index in [9.17, 15) is 29.7 Å². The molecule has 5 saturated heterocycles. The number of carbonyl (C=O) groups is 3. The first kappa shape index (κ1) is 45.2. The Labute approximate surface area is 334 Å². The van der Waals surface area contributed by atoms with Gasteiger partial charge in [0.2, 0.25) is 0 Å². The third kappa shape index (κ3) is 9.29. The van der Waals surface area contributed by atoms with Gasteiger partial charge in [-0.15, -0.1) is 0 Å². The molecule has 0 aromatic rings. The number of ether oxygens (including phenoxy) is 7. The number of esters is 2. The average molecular weight is 797 g/mol. The van der Waals surface area contributed by atoms with Gasteiger partial charge in [-0.25, -0.2) is 0 Å². The standard InChI is InChI=1S/C43H72O13/c1-11-13-14-15-34(46)50-31-22-42(54-37(27(31)6)28(7)36(29(8)39(47)48)52-33(45)12-2)19-18-40(9,56-42)32-16-17-41(10,53-32)38-25(4)21-30(51-38)35-24(3)20-26(5)43(49,23-44)55-35/h24-32,35-38,44,49H,11-23H2,1-10H3,(H,47,48)/t24-,25-,26+,27+,28-,29+,30+,31-,32+,35-,36+,37-,38?,40-,41-,42+,43-/m0/s1. The van der Waals surface area contributed by atoms with Crippen LogP contribution in [0.4, 0.5) is 0 Å². The van der Waals surface area contributed by atoms with Crippen molar-refractivity contribution in [2.75, 3.05) is 6.61 Å². The molecule has 1 spiro atoms. The molecule has 322 valence electrons. The molecule has 5 heterocycles. The maximum absolute atomic E-state index is 13.2. The molecule has 1 unspecified atom stereocenters. The Balaban J connectivity index is 1.34. The largest absolute Gasteiger partial charge is 0.481 e. The minimum absolute atomic E-state index is 0.103. The molecule has 0 saturated carbocycles. The predicted molar refractivity (Wildman–Crippen MR) is 205 cm³/mol. The van der Waals surface area contributed by atoms with Crippen molar-refractivity contribution in [2.24, 2.45) is 35.5 Å². The molecule has 17 atom stereocenters. The van der Waals surface area contributed by atoms with Gasteiger partial charge in [-0.2, -0.15) is 0 Å². The molecular formula is C43H72O13. The summed E-state index contributed by atoms with van der Waals surface area (Å²) >= 11 is 0. The van der Waals surface area contributed by atoms with Gasteiger partial charge in [-0.05, 0) is 71.1 Å². The Morgan fingerprint density at radius 1 is 0.893 bits per heavy atom. The lowest BCUT2D eigenvalue weighted by Gasteiger charge is -2.49. The lowest BCUT2D eigenvalue weighted by atomic mass is 9.78. The number of hydrogen-bond donors (Lipinski definition) is 3. The van der Waals surface area contributed by atoms with E-state index in [1.807, 2.05) is 20.8 Å². The molecule has 0 bridgehead atoms. The molecule has 0 amide bonds. The summed E-state index contributed by atoms with van der Waals surface area (Å²) in [7, 11) is 0. The lowest BCUT2D eigenvalue weighted by molar-refractivity contribution is -0.336. The molecule has 0 aliphatic carbocycles. The Morgan fingerprint density at radius 3 is 2.25 bits per heavy atom. The van der Waals surface area contributed by atoms with Gasteiger partial charge in [-0.3, -0.25) is 14.4 Å². The summed E-state index contributed by atoms with van der Waals surface area (Å²) < 4.78 is 46.0. The third-order valence-corrected chi connectivity index (χ3v) is 14.2. The summed E-state index contributed by atoms with van der Waals surface area (Å²) in [4.78, 5) is 38.0. The van der Waals surface area contributed by atoms with E-state index in [2.05, 4.69) is 34.6 Å². The van der Waals surface area contributed by atoms with Crippen molar-refractivity contribution in [3.63, 3.8) is 0 Å². The highest BCUT2D eigenvalue weighted by atomic mass is 16.7. The van der Waals surface area contributed by atoms with Crippen LogP contribution in [0.5, 0.6) is 0 Å². The van der Waals surface area contributed by atoms with E-state index >= 15 is 0 Å². The van der Waals surface area contributed by atoms with Crippen molar-refractivity contribution in [2.45, 2.75) is 212 Å². The van der Waals surface area contributed by atoms with Crippen LogP contribution in [0.2, 0.25) is 0 Å². The van der Waals surface area contributed by atoms with Crippen molar-refractivity contribution < 1.29 is 62.9 Å². The van der Waals surface area contributed by atoms with Gasteiger partial charge in [0.05, 0.1) is 54.2 Å². The van der Waals surface area contributed by atoms with Crippen LogP contribution in [-0.2, 0) is 47.5 Å². The fraction of sp³-hybridized carbons (Fsp3) is 0.930. The van der Waals surface area contributed by atoms with Gasteiger partial charge in [0.25, 0.3) is 0 Å². The van der Waals surface area contributed by atoms with Crippen molar-refractivity contribution in [1.29, 1.82) is 0 Å². The van der Waals surface area contributed by atoms with Gasteiger partial charge >= 0.3 is 17.9 Å². The quantitative estimate of drug-likeness (QED) is 0.124. The molecule has 3 N–H and O–H groups in total. The van der Waals surface area contributed by atoms with Gasteiger partial charge in [-0.1, -0.05) is 61.3 Å². The zero-order chi connectivity index (χ0) is 41.4. The molecule has 0 aromatic carbocycles. The van der Waals surface area contributed by atoms with E-state index in [0.29, 0.717) is 25.7 Å². The molecular weight excluding hydrogens is 724 g/mol. The number of carboxylic acids is 1. The number of aliphatic hydroxyl groups excluding tert-OH is 1. The Morgan fingerprint density at radius 2 is 1.61 bits per heavy atom. The fourth-order valence-corrected chi connectivity index (χ4v) is 10.5. The second-order valence-electron chi connectivity index (χ2n) is 18.7. The lowest BCUT2D eigenvalue weighted by Crippen LogP contribution is -2.57. The highest BCUT2D eigenvalue weighted by Gasteiger charge is 2.62. The number of carbonyl (C=O) groups excluding carboxylic acids is 2. The number of aliphatic carboxylic acids is 1. The minimum Gasteiger partial charge on any atom is -0.481 e. The summed E-state index contributed by atoms with van der Waals surface area (Å²) in [5.41, 5.74) is -1.36. The topological polar surface area (TPSA) is 177 Å². The molecule has 0 radical (unpaired) electrons. The van der Waals surface area contributed by atoms with E-state index in [-0.39, 0.29) is 60.5 Å². The summed E-state index contributed by atoms with van der Waals surface area (Å²) in [6.45, 7) is 18.9. The zero-order valence-electron chi connectivity index (χ0n) is 35.6. The number of rotatable bonds is 15. The van der Waals surface area contributed by atoms with Crippen LogP contribution in [0.3, 0.4) is 0 Å². The molecule has 13 heteroatoms. The maximum Gasteiger partial charge on any atom is 0.309 e. The van der Waals surface area contributed by atoms with E-state index in [1.165, 1.54) is 6.92 Å². The molecule has 13 nitrogen and oxygen atoms in total. The summed E-state index contributed by atoms with van der Waals surface area (Å²) in [6.07, 6.45) is 4.13. The van der Waals surface area contributed by atoms with Crippen LogP contribution in [0.25, 0.3) is 0 Å². The smallest absolute Gasteiger partial charge is 0.309 e. The van der Waals surface area contributed by atoms with E-state index < -0.39 is 71.5 Å². The van der Waals surface area contributed by atoms with Crippen molar-refractivity contribution in [3.8, 4) is 0 Å². The van der Waals surface area contributed by atoms with Gasteiger partial charge < -0.3 is 48.5 Å². The van der Waals surface area contributed by atoms with Gasteiger partial charge in [0, 0.05) is 43.4 Å². The normalized spacial score (nSPS) is 44.4. The Kier molecular flexibility index (Phi) is 14.4. The maximum atomic E-state index is 13.2. The second kappa shape index (κ2) is 17.8. The predicted octanol–water partition coefficient (Wildman–Crippen LogP) is 6.32. The van der Waals surface area contributed by atoms with E-state index in [0.717, 1.165) is 44.9 Å². The van der Waals surface area contributed by atoms with Crippen LogP contribution >= 0.6 is 0 Å². The first-order valence-corrected chi connectivity index (χ1v) is 21.6. The SMILES string of the molecule is CCCCCC(=O)O[C@H]1C[C@]2(CC[C@@](C)([C@H]3CC[C@@](C)(C4O[C@@H]([C@H]5O[C@@](O)(CO)[C@H](C)C[C@@H]5C)C[C@@H]4C)O3)O2)O[C@H]([C@@H](C)[C@@H](OC(=O)CC)[C@@H](C)C(=O)O)[C@@H]1C.